The van der Waals surface area contributed by atoms with Crippen molar-refractivity contribution in [2.45, 2.75) is 10.6 Å². The molecule has 0 radical (unpaired) electrons. The molecule has 20 heavy (non-hydrogen) atoms. The highest BCUT2D eigenvalue weighted by Crippen LogP contribution is 2.40. The Morgan fingerprint density at radius 3 is 2.30 bits per heavy atom. The van der Waals surface area contributed by atoms with Crippen molar-refractivity contribution in [1.82, 2.24) is 0 Å². The van der Waals surface area contributed by atoms with Crippen LogP contribution in [0.25, 0.3) is 0 Å². The maximum absolute atomic E-state index is 13.5. The lowest BCUT2D eigenvalue weighted by molar-refractivity contribution is 0.415. The first kappa shape index (κ1) is 15.4. The largest absolute Gasteiger partial charge is 0.495 e. The SMILES string of the molecule is COc1ccc(SCc2c(F)cccc2F)c(Cl)c1Cl. The van der Waals surface area contributed by atoms with Gasteiger partial charge in [-0.05, 0) is 24.3 Å². The van der Waals surface area contributed by atoms with E-state index in [0.717, 1.165) is 0 Å². The molecule has 0 amide bonds. The highest BCUT2D eigenvalue weighted by Gasteiger charge is 2.13. The molecule has 0 saturated heterocycles. The van der Waals surface area contributed by atoms with Gasteiger partial charge in [0, 0.05) is 16.2 Å². The lowest BCUT2D eigenvalue weighted by Gasteiger charge is -2.10. The van der Waals surface area contributed by atoms with Crippen molar-refractivity contribution >= 4 is 35.0 Å². The molecule has 0 aliphatic rings. The molecule has 2 aromatic rings. The number of methoxy groups -OCH3 is 1. The fourth-order valence-corrected chi connectivity index (χ4v) is 3.19. The Morgan fingerprint density at radius 2 is 1.70 bits per heavy atom. The first-order valence-electron chi connectivity index (χ1n) is 5.62. The summed E-state index contributed by atoms with van der Waals surface area (Å²) in [6, 6.07) is 7.14. The molecule has 106 valence electrons. The van der Waals surface area contributed by atoms with E-state index in [0.29, 0.717) is 15.7 Å². The number of rotatable bonds is 4. The Morgan fingerprint density at radius 1 is 1.05 bits per heavy atom. The third-order valence-corrected chi connectivity index (χ3v) is 4.73. The zero-order valence-corrected chi connectivity index (χ0v) is 12.8. The Labute approximate surface area is 129 Å². The molecule has 1 nitrogen and oxygen atoms in total. The first-order chi connectivity index (χ1) is 9.54. The van der Waals surface area contributed by atoms with Crippen LogP contribution in [-0.2, 0) is 5.75 Å². The minimum atomic E-state index is -0.576. The molecule has 6 heteroatoms. The highest BCUT2D eigenvalue weighted by atomic mass is 35.5. The van der Waals surface area contributed by atoms with Crippen LogP contribution in [0.3, 0.4) is 0 Å². The summed E-state index contributed by atoms with van der Waals surface area (Å²) in [5.41, 5.74) is 0.0144. The van der Waals surface area contributed by atoms with Crippen LogP contribution in [0.1, 0.15) is 5.56 Å². The number of hydrogen-bond donors (Lipinski definition) is 0. The van der Waals surface area contributed by atoms with Crippen LogP contribution < -0.4 is 4.74 Å². The smallest absolute Gasteiger partial charge is 0.139 e. The van der Waals surface area contributed by atoms with Gasteiger partial charge in [-0.1, -0.05) is 29.3 Å². The van der Waals surface area contributed by atoms with Gasteiger partial charge < -0.3 is 4.74 Å². The van der Waals surface area contributed by atoms with Crippen molar-refractivity contribution in [1.29, 1.82) is 0 Å². The molecule has 0 aromatic heterocycles. The summed E-state index contributed by atoms with van der Waals surface area (Å²) >= 11 is 13.3. The summed E-state index contributed by atoms with van der Waals surface area (Å²) in [7, 11) is 1.49. The van der Waals surface area contributed by atoms with E-state index >= 15 is 0 Å². The van der Waals surface area contributed by atoms with Crippen LogP contribution >= 0.6 is 35.0 Å². The second kappa shape index (κ2) is 6.66. The van der Waals surface area contributed by atoms with Crippen molar-refractivity contribution < 1.29 is 13.5 Å². The molecule has 0 unspecified atom stereocenters. The van der Waals surface area contributed by atoms with E-state index in [1.807, 2.05) is 0 Å². The average Bonchev–Trinajstić information content (AvgIpc) is 2.43. The topological polar surface area (TPSA) is 9.23 Å². The monoisotopic (exact) mass is 334 g/mol. The predicted molar refractivity (Wildman–Crippen MR) is 78.9 cm³/mol. The fraction of sp³-hybridized carbons (Fsp3) is 0.143. The Kier molecular flexibility index (Phi) is 5.13. The number of benzene rings is 2. The van der Waals surface area contributed by atoms with Crippen molar-refractivity contribution in [2.24, 2.45) is 0 Å². The Hall–Kier alpha value is -0.970. The van der Waals surface area contributed by atoms with Gasteiger partial charge >= 0.3 is 0 Å². The molecule has 0 aliphatic heterocycles. The van der Waals surface area contributed by atoms with E-state index in [9.17, 15) is 8.78 Å². The van der Waals surface area contributed by atoms with Crippen LogP contribution in [0.2, 0.25) is 10.0 Å². The van der Waals surface area contributed by atoms with E-state index in [1.165, 1.54) is 37.1 Å². The van der Waals surface area contributed by atoms with E-state index in [1.54, 1.807) is 12.1 Å². The summed E-state index contributed by atoms with van der Waals surface area (Å²) < 4.78 is 32.1. The molecular weight excluding hydrogens is 325 g/mol. The fourth-order valence-electron chi connectivity index (χ4n) is 1.60. The summed E-state index contributed by atoms with van der Waals surface area (Å²) in [4.78, 5) is 0.639. The van der Waals surface area contributed by atoms with E-state index in [4.69, 9.17) is 27.9 Å². The van der Waals surface area contributed by atoms with E-state index < -0.39 is 11.6 Å². The van der Waals surface area contributed by atoms with Crippen molar-refractivity contribution in [2.75, 3.05) is 7.11 Å². The molecule has 0 bridgehead atoms. The van der Waals surface area contributed by atoms with Gasteiger partial charge in [-0.3, -0.25) is 0 Å². The summed E-state index contributed by atoms with van der Waals surface area (Å²) in [5, 5.41) is 0.598. The van der Waals surface area contributed by atoms with Gasteiger partial charge in [0.2, 0.25) is 0 Å². The second-order valence-corrected chi connectivity index (χ2v) is 5.66. The lowest BCUT2D eigenvalue weighted by Crippen LogP contribution is -1.93. The average molecular weight is 335 g/mol. The van der Waals surface area contributed by atoms with Crippen molar-refractivity contribution in [3.05, 3.63) is 57.6 Å². The van der Waals surface area contributed by atoms with Crippen LogP contribution in [0.15, 0.2) is 35.2 Å². The van der Waals surface area contributed by atoms with Crippen LogP contribution in [0.4, 0.5) is 8.78 Å². The molecule has 2 rings (SSSR count). The van der Waals surface area contributed by atoms with Gasteiger partial charge in [0.25, 0.3) is 0 Å². The quantitative estimate of drug-likeness (QED) is 0.675. The number of ether oxygens (including phenoxy) is 1. The standard InChI is InChI=1S/C14H10Cl2F2OS/c1-19-11-5-6-12(14(16)13(11)15)20-7-8-9(17)3-2-4-10(8)18/h2-6H,7H2,1H3. The lowest BCUT2D eigenvalue weighted by atomic mass is 10.2. The molecule has 0 fully saturated rings. The third kappa shape index (κ3) is 3.19. The number of halogens is 4. The summed E-state index contributed by atoms with van der Waals surface area (Å²) in [6.07, 6.45) is 0. The van der Waals surface area contributed by atoms with Gasteiger partial charge in [-0.15, -0.1) is 11.8 Å². The van der Waals surface area contributed by atoms with Gasteiger partial charge in [-0.25, -0.2) is 8.78 Å². The van der Waals surface area contributed by atoms with Crippen LogP contribution in [0.5, 0.6) is 5.75 Å². The number of thioether (sulfide) groups is 1. The number of hydrogen-bond acceptors (Lipinski definition) is 2. The molecule has 0 spiro atoms. The summed E-state index contributed by atoms with van der Waals surface area (Å²) in [5.74, 6) is -0.569. The Bertz CT molecular complexity index is 615. The second-order valence-electron chi connectivity index (χ2n) is 3.88. The minimum Gasteiger partial charge on any atom is -0.495 e. The molecule has 0 aliphatic carbocycles. The maximum atomic E-state index is 13.5. The van der Waals surface area contributed by atoms with Gasteiger partial charge in [0.1, 0.15) is 22.4 Å². The zero-order chi connectivity index (χ0) is 14.7. The minimum absolute atomic E-state index is 0.0144. The van der Waals surface area contributed by atoms with Crippen molar-refractivity contribution in [3.8, 4) is 5.75 Å². The first-order valence-corrected chi connectivity index (χ1v) is 7.36. The third-order valence-electron chi connectivity index (χ3n) is 2.67. The molecule has 0 N–H and O–H groups in total. The molecule has 0 heterocycles. The van der Waals surface area contributed by atoms with Crippen molar-refractivity contribution in [3.63, 3.8) is 0 Å². The van der Waals surface area contributed by atoms with E-state index in [-0.39, 0.29) is 16.3 Å². The van der Waals surface area contributed by atoms with E-state index in [2.05, 4.69) is 0 Å². The molecular formula is C14H10Cl2F2OS. The molecule has 2 aromatic carbocycles. The zero-order valence-electron chi connectivity index (χ0n) is 10.4. The van der Waals surface area contributed by atoms with Gasteiger partial charge in [0.15, 0.2) is 0 Å². The molecule has 0 atom stereocenters. The van der Waals surface area contributed by atoms with Gasteiger partial charge in [0.05, 0.1) is 12.1 Å². The predicted octanol–water partition coefficient (Wildman–Crippen LogP) is 5.57. The maximum Gasteiger partial charge on any atom is 0.139 e. The Balaban J connectivity index is 2.22. The van der Waals surface area contributed by atoms with Crippen LogP contribution in [0, 0.1) is 11.6 Å². The van der Waals surface area contributed by atoms with Crippen LogP contribution in [-0.4, -0.2) is 7.11 Å². The highest BCUT2D eigenvalue weighted by molar-refractivity contribution is 7.98. The summed E-state index contributed by atoms with van der Waals surface area (Å²) in [6.45, 7) is 0. The van der Waals surface area contributed by atoms with Gasteiger partial charge in [-0.2, -0.15) is 0 Å². The molecule has 0 saturated carbocycles. The normalized spacial score (nSPS) is 10.7.